The van der Waals surface area contributed by atoms with E-state index >= 15 is 0 Å². The molecule has 28 heavy (non-hydrogen) atoms. The van der Waals surface area contributed by atoms with Crippen molar-refractivity contribution < 1.29 is 18.3 Å². The van der Waals surface area contributed by atoms with E-state index in [0.717, 1.165) is 6.33 Å². The third-order valence-corrected chi connectivity index (χ3v) is 5.02. The minimum absolute atomic E-state index is 0.0108. The standard InChI is InChI=1S/C11H7Cl2N3O2.C6H7NO2S/c12-6-2-1-5(3-7(6)13)9-8(14)10(11(17)18)16-4-15-9;7-10(8,9)6-4-2-1-3-5-6/h1-4H,14H2,(H,17,18);1-5H,(H2,7,8,9). The van der Waals surface area contributed by atoms with Crippen LogP contribution < -0.4 is 10.9 Å². The summed E-state index contributed by atoms with van der Waals surface area (Å²) in [6.45, 7) is 0. The molecule has 0 aliphatic rings. The lowest BCUT2D eigenvalue weighted by Gasteiger charge is -2.07. The Morgan fingerprint density at radius 1 is 1.00 bits per heavy atom. The summed E-state index contributed by atoms with van der Waals surface area (Å²) >= 11 is 11.7. The molecule has 146 valence electrons. The number of nitrogen functional groups attached to an aromatic ring is 1. The van der Waals surface area contributed by atoms with Gasteiger partial charge in [0.2, 0.25) is 10.0 Å². The normalized spacial score (nSPS) is 10.7. The molecule has 0 aliphatic carbocycles. The van der Waals surface area contributed by atoms with E-state index in [2.05, 4.69) is 9.97 Å². The largest absolute Gasteiger partial charge is 0.476 e. The minimum Gasteiger partial charge on any atom is -0.476 e. The van der Waals surface area contributed by atoms with Gasteiger partial charge in [0.25, 0.3) is 0 Å². The van der Waals surface area contributed by atoms with Crippen LogP contribution in [0.1, 0.15) is 10.5 Å². The van der Waals surface area contributed by atoms with E-state index in [1.807, 2.05) is 0 Å². The number of aromatic nitrogens is 2. The fraction of sp³-hybridized carbons (Fsp3) is 0. The second kappa shape index (κ2) is 8.98. The van der Waals surface area contributed by atoms with Crippen LogP contribution in [0.3, 0.4) is 0 Å². The van der Waals surface area contributed by atoms with Gasteiger partial charge in [0.1, 0.15) is 6.33 Å². The van der Waals surface area contributed by atoms with Crippen LogP contribution in [0.5, 0.6) is 0 Å². The maximum absolute atomic E-state index is 10.9. The number of anilines is 1. The monoisotopic (exact) mass is 440 g/mol. The molecule has 11 heteroatoms. The Labute approximate surface area is 170 Å². The van der Waals surface area contributed by atoms with Gasteiger partial charge in [-0.2, -0.15) is 0 Å². The van der Waals surface area contributed by atoms with Crippen molar-refractivity contribution in [2.24, 2.45) is 5.14 Å². The summed E-state index contributed by atoms with van der Waals surface area (Å²) < 4.78 is 21.2. The molecule has 2 aromatic carbocycles. The number of sulfonamides is 1. The Morgan fingerprint density at radius 2 is 1.64 bits per heavy atom. The highest BCUT2D eigenvalue weighted by Crippen LogP contribution is 2.30. The molecule has 0 radical (unpaired) electrons. The van der Waals surface area contributed by atoms with Crippen LogP contribution in [0, 0.1) is 0 Å². The number of benzene rings is 2. The summed E-state index contributed by atoms with van der Waals surface area (Å²) in [7, 11) is -3.50. The van der Waals surface area contributed by atoms with E-state index in [9.17, 15) is 13.2 Å². The first-order chi connectivity index (χ1) is 13.1. The summed E-state index contributed by atoms with van der Waals surface area (Å²) in [6, 6.07) is 12.7. The van der Waals surface area contributed by atoms with Crippen molar-refractivity contribution in [1.29, 1.82) is 0 Å². The quantitative estimate of drug-likeness (QED) is 0.565. The maximum Gasteiger partial charge on any atom is 0.356 e. The van der Waals surface area contributed by atoms with Crippen molar-refractivity contribution in [3.63, 3.8) is 0 Å². The van der Waals surface area contributed by atoms with Gasteiger partial charge in [0.15, 0.2) is 5.69 Å². The zero-order chi connectivity index (χ0) is 20.9. The number of hydrogen-bond donors (Lipinski definition) is 3. The Balaban J connectivity index is 0.000000237. The lowest BCUT2D eigenvalue weighted by atomic mass is 10.1. The highest BCUT2D eigenvalue weighted by atomic mass is 35.5. The molecule has 0 fully saturated rings. The summed E-state index contributed by atoms with van der Waals surface area (Å²) in [6.07, 6.45) is 1.14. The number of nitrogens with zero attached hydrogens (tertiary/aromatic N) is 2. The van der Waals surface area contributed by atoms with Gasteiger partial charge in [0, 0.05) is 5.56 Å². The molecule has 1 aromatic heterocycles. The van der Waals surface area contributed by atoms with E-state index in [1.54, 1.807) is 36.4 Å². The van der Waals surface area contributed by atoms with Crippen molar-refractivity contribution in [3.05, 3.63) is 70.6 Å². The average Bonchev–Trinajstić information content (AvgIpc) is 2.65. The number of nitrogens with two attached hydrogens (primary N) is 2. The molecule has 5 N–H and O–H groups in total. The van der Waals surface area contributed by atoms with Gasteiger partial charge >= 0.3 is 5.97 Å². The van der Waals surface area contributed by atoms with Crippen LogP contribution in [-0.4, -0.2) is 29.5 Å². The van der Waals surface area contributed by atoms with E-state index < -0.39 is 16.0 Å². The zero-order valence-corrected chi connectivity index (χ0v) is 16.4. The summed E-state index contributed by atoms with van der Waals surface area (Å²) in [5.74, 6) is -1.21. The van der Waals surface area contributed by atoms with Gasteiger partial charge in [-0.05, 0) is 24.3 Å². The molecule has 8 nitrogen and oxygen atoms in total. The summed E-state index contributed by atoms with van der Waals surface area (Å²) in [5, 5.41) is 14.5. The lowest BCUT2D eigenvalue weighted by molar-refractivity contribution is 0.0691. The van der Waals surface area contributed by atoms with E-state index in [4.69, 9.17) is 39.2 Å². The smallest absolute Gasteiger partial charge is 0.356 e. The third kappa shape index (κ3) is 5.40. The van der Waals surface area contributed by atoms with Gasteiger partial charge in [0.05, 0.1) is 26.3 Å². The number of halogens is 2. The number of rotatable bonds is 3. The Kier molecular flexibility index (Phi) is 6.92. The second-order valence-corrected chi connectivity index (χ2v) is 7.65. The number of carbonyl (C=O) groups is 1. The number of primary sulfonamides is 1. The Morgan fingerprint density at radius 3 is 2.14 bits per heavy atom. The molecular formula is C17H14Cl2N4O4S. The van der Waals surface area contributed by atoms with Gasteiger partial charge in [-0.3, -0.25) is 0 Å². The molecule has 3 rings (SSSR count). The van der Waals surface area contributed by atoms with Crippen molar-refractivity contribution in [2.75, 3.05) is 5.73 Å². The summed E-state index contributed by atoms with van der Waals surface area (Å²) in [4.78, 5) is 18.6. The number of carboxylic acids is 1. The molecule has 0 unspecified atom stereocenters. The summed E-state index contributed by atoms with van der Waals surface area (Å²) in [5.41, 5.74) is 6.35. The Hall–Kier alpha value is -2.72. The minimum atomic E-state index is -3.50. The first-order valence-corrected chi connectivity index (χ1v) is 9.78. The predicted octanol–water partition coefficient (Wildman–Crippen LogP) is 3.06. The van der Waals surface area contributed by atoms with Gasteiger partial charge in [-0.15, -0.1) is 0 Å². The van der Waals surface area contributed by atoms with Crippen molar-refractivity contribution in [2.45, 2.75) is 4.90 Å². The molecule has 0 bridgehead atoms. The first-order valence-electron chi connectivity index (χ1n) is 7.48. The molecule has 0 atom stereocenters. The average molecular weight is 441 g/mol. The fourth-order valence-corrected chi connectivity index (χ4v) is 2.88. The van der Waals surface area contributed by atoms with E-state index in [-0.39, 0.29) is 16.3 Å². The fourth-order valence-electron chi connectivity index (χ4n) is 2.05. The molecule has 3 aromatic rings. The number of carboxylic acid groups (broad SMARTS) is 1. The lowest BCUT2D eigenvalue weighted by Crippen LogP contribution is -2.11. The highest BCUT2D eigenvalue weighted by molar-refractivity contribution is 7.89. The highest BCUT2D eigenvalue weighted by Gasteiger charge is 2.15. The molecule has 0 spiro atoms. The van der Waals surface area contributed by atoms with Crippen LogP contribution >= 0.6 is 23.2 Å². The molecule has 0 saturated carbocycles. The molecule has 0 aliphatic heterocycles. The van der Waals surface area contributed by atoms with Gasteiger partial charge in [-0.1, -0.05) is 47.5 Å². The molecule has 0 saturated heterocycles. The van der Waals surface area contributed by atoms with Crippen LogP contribution in [-0.2, 0) is 10.0 Å². The number of hydrogen-bond acceptors (Lipinski definition) is 6. The molecular weight excluding hydrogens is 427 g/mol. The first kappa shape index (κ1) is 21.6. The molecule has 0 amide bonds. The van der Waals surface area contributed by atoms with Crippen LogP contribution in [0.2, 0.25) is 10.0 Å². The zero-order valence-electron chi connectivity index (χ0n) is 14.1. The molecule has 1 heterocycles. The van der Waals surface area contributed by atoms with Gasteiger partial charge < -0.3 is 10.8 Å². The van der Waals surface area contributed by atoms with Gasteiger partial charge in [-0.25, -0.2) is 28.3 Å². The van der Waals surface area contributed by atoms with Crippen molar-refractivity contribution in [3.8, 4) is 11.3 Å². The van der Waals surface area contributed by atoms with Crippen LogP contribution in [0.4, 0.5) is 5.69 Å². The van der Waals surface area contributed by atoms with E-state index in [1.165, 1.54) is 12.1 Å². The van der Waals surface area contributed by atoms with Crippen molar-refractivity contribution in [1.82, 2.24) is 9.97 Å². The SMILES string of the molecule is NS(=O)(=O)c1ccccc1.Nc1c(C(=O)O)ncnc1-c1ccc(Cl)c(Cl)c1. The van der Waals surface area contributed by atoms with E-state index in [0.29, 0.717) is 21.3 Å². The van der Waals surface area contributed by atoms with Crippen LogP contribution in [0.15, 0.2) is 59.8 Å². The topological polar surface area (TPSA) is 149 Å². The Bertz CT molecular complexity index is 1110. The third-order valence-electron chi connectivity index (χ3n) is 3.35. The second-order valence-electron chi connectivity index (χ2n) is 5.28. The van der Waals surface area contributed by atoms with Crippen molar-refractivity contribution >= 4 is 44.9 Å². The maximum atomic E-state index is 10.9. The number of aromatic carboxylic acids is 1. The predicted molar refractivity (Wildman–Crippen MR) is 107 cm³/mol. The van der Waals surface area contributed by atoms with Crippen LogP contribution in [0.25, 0.3) is 11.3 Å².